The van der Waals surface area contributed by atoms with Crippen molar-refractivity contribution in [1.29, 1.82) is 0 Å². The fraction of sp³-hybridized carbons (Fsp3) is 0.556. The molecule has 1 aliphatic heterocycles. The minimum Gasteiger partial charge on any atom is -0.353 e. The molecule has 1 aromatic rings. The summed E-state index contributed by atoms with van der Waals surface area (Å²) in [5.41, 5.74) is 0.681. The van der Waals surface area contributed by atoms with Crippen LogP contribution in [0.25, 0.3) is 0 Å². The minimum absolute atomic E-state index is 0.00715. The van der Waals surface area contributed by atoms with Gasteiger partial charge in [0.05, 0.1) is 0 Å². The number of Topliss-reactive ketones (excluding diaryl/α,β-unsaturated/α-hetero) is 1. The first kappa shape index (κ1) is 16.7. The van der Waals surface area contributed by atoms with E-state index < -0.39 is 0 Å². The fourth-order valence-electron chi connectivity index (χ4n) is 2.86. The number of likely N-dealkylation sites (tertiary alicyclic amines) is 1. The van der Waals surface area contributed by atoms with E-state index >= 15 is 0 Å². The smallest absolute Gasteiger partial charge is 0.220 e. The molecule has 2 rings (SSSR count). The maximum Gasteiger partial charge on any atom is 0.220 e. The summed E-state index contributed by atoms with van der Waals surface area (Å²) in [5, 5.41) is 3.07. The highest BCUT2D eigenvalue weighted by atomic mass is 16.2. The van der Waals surface area contributed by atoms with Gasteiger partial charge >= 0.3 is 0 Å². The van der Waals surface area contributed by atoms with Crippen LogP contribution in [0.2, 0.25) is 0 Å². The van der Waals surface area contributed by atoms with E-state index in [9.17, 15) is 9.59 Å². The first-order valence-corrected chi connectivity index (χ1v) is 8.18. The van der Waals surface area contributed by atoms with Crippen LogP contribution >= 0.6 is 0 Å². The molecule has 0 bridgehead atoms. The molecule has 1 saturated heterocycles. The van der Waals surface area contributed by atoms with E-state index in [1.807, 2.05) is 18.2 Å². The Labute approximate surface area is 132 Å². The number of hydrogen-bond acceptors (Lipinski definition) is 3. The summed E-state index contributed by atoms with van der Waals surface area (Å²) in [6.45, 7) is 6.47. The highest BCUT2D eigenvalue weighted by Crippen LogP contribution is 2.13. The minimum atomic E-state index is -0.00715. The van der Waals surface area contributed by atoms with Gasteiger partial charge in [0, 0.05) is 43.6 Å². The summed E-state index contributed by atoms with van der Waals surface area (Å²) >= 11 is 0. The number of rotatable bonds is 6. The number of carbonyl (C=O) groups excluding carboxylic acids is 2. The van der Waals surface area contributed by atoms with Gasteiger partial charge < -0.3 is 10.2 Å². The van der Waals surface area contributed by atoms with Gasteiger partial charge in [-0.25, -0.2) is 0 Å². The van der Waals surface area contributed by atoms with Crippen molar-refractivity contribution in [1.82, 2.24) is 10.2 Å². The number of hydrogen-bond donors (Lipinski definition) is 1. The average molecular weight is 302 g/mol. The molecule has 0 spiro atoms. The molecule has 1 N–H and O–H groups in total. The first-order valence-electron chi connectivity index (χ1n) is 8.18. The molecule has 0 saturated carbocycles. The monoisotopic (exact) mass is 302 g/mol. The average Bonchev–Trinajstić information content (AvgIpc) is 2.54. The van der Waals surface area contributed by atoms with Crippen LogP contribution in [-0.2, 0) is 4.79 Å². The van der Waals surface area contributed by atoms with Crippen LogP contribution in [0, 0.1) is 0 Å². The van der Waals surface area contributed by atoms with E-state index in [0.717, 1.165) is 25.9 Å². The van der Waals surface area contributed by atoms with Crippen molar-refractivity contribution in [2.24, 2.45) is 0 Å². The van der Waals surface area contributed by atoms with Crippen molar-refractivity contribution < 1.29 is 9.59 Å². The van der Waals surface area contributed by atoms with Crippen LogP contribution in [0.3, 0.4) is 0 Å². The largest absolute Gasteiger partial charge is 0.353 e. The lowest BCUT2D eigenvalue weighted by atomic mass is 10.0. The van der Waals surface area contributed by atoms with E-state index in [0.29, 0.717) is 11.6 Å². The highest BCUT2D eigenvalue weighted by molar-refractivity contribution is 5.97. The normalized spacial score (nSPS) is 16.7. The summed E-state index contributed by atoms with van der Waals surface area (Å²) in [4.78, 5) is 26.4. The topological polar surface area (TPSA) is 49.4 Å². The van der Waals surface area contributed by atoms with Gasteiger partial charge in [0.25, 0.3) is 0 Å². The zero-order chi connectivity index (χ0) is 15.9. The number of benzene rings is 1. The Balaban J connectivity index is 1.69. The zero-order valence-corrected chi connectivity index (χ0v) is 13.5. The third-order valence-electron chi connectivity index (χ3n) is 4.30. The van der Waals surface area contributed by atoms with Gasteiger partial charge in [-0.1, -0.05) is 30.3 Å². The molecular weight excluding hydrogens is 276 g/mol. The maximum absolute atomic E-state index is 12.0. The van der Waals surface area contributed by atoms with Gasteiger partial charge in [-0.2, -0.15) is 0 Å². The Morgan fingerprint density at radius 2 is 1.77 bits per heavy atom. The molecule has 4 heteroatoms. The van der Waals surface area contributed by atoms with Crippen molar-refractivity contribution in [2.45, 2.75) is 51.6 Å². The second-order valence-corrected chi connectivity index (χ2v) is 6.26. The Morgan fingerprint density at radius 1 is 1.14 bits per heavy atom. The van der Waals surface area contributed by atoms with Crippen molar-refractivity contribution in [2.75, 3.05) is 13.1 Å². The van der Waals surface area contributed by atoms with Gasteiger partial charge in [0.15, 0.2) is 5.78 Å². The molecule has 1 aliphatic rings. The maximum atomic E-state index is 12.0. The molecule has 22 heavy (non-hydrogen) atoms. The van der Waals surface area contributed by atoms with Gasteiger partial charge in [-0.3, -0.25) is 9.59 Å². The zero-order valence-electron chi connectivity index (χ0n) is 13.5. The van der Waals surface area contributed by atoms with Crippen LogP contribution in [-0.4, -0.2) is 41.8 Å². The van der Waals surface area contributed by atoms with Crippen molar-refractivity contribution in [3.8, 4) is 0 Å². The van der Waals surface area contributed by atoms with Gasteiger partial charge in [-0.05, 0) is 26.7 Å². The summed E-state index contributed by atoms with van der Waals surface area (Å²) in [5.74, 6) is 0.0256. The SMILES string of the molecule is CC(C)N1CCC(NC(=O)CCC(=O)c2ccccc2)CC1. The molecular formula is C18H26N2O2. The van der Waals surface area contributed by atoms with E-state index in [-0.39, 0.29) is 30.6 Å². The quantitative estimate of drug-likeness (QED) is 0.822. The number of ketones is 1. The summed E-state index contributed by atoms with van der Waals surface area (Å²) in [6.07, 6.45) is 2.55. The Morgan fingerprint density at radius 3 is 2.36 bits per heavy atom. The third kappa shape index (κ3) is 4.95. The Kier molecular flexibility index (Phi) is 6.13. The third-order valence-corrected chi connectivity index (χ3v) is 4.30. The summed E-state index contributed by atoms with van der Waals surface area (Å²) in [7, 11) is 0. The van der Waals surface area contributed by atoms with Crippen LogP contribution in [0.4, 0.5) is 0 Å². The van der Waals surface area contributed by atoms with Crippen LogP contribution < -0.4 is 5.32 Å². The lowest BCUT2D eigenvalue weighted by Crippen LogP contribution is -2.46. The van der Waals surface area contributed by atoms with Crippen LogP contribution in [0.15, 0.2) is 30.3 Å². The molecule has 0 aliphatic carbocycles. The molecule has 0 radical (unpaired) electrons. The van der Waals surface area contributed by atoms with E-state index in [4.69, 9.17) is 0 Å². The summed E-state index contributed by atoms with van der Waals surface area (Å²) < 4.78 is 0. The Bertz CT molecular complexity index is 491. The summed E-state index contributed by atoms with van der Waals surface area (Å²) in [6, 6.07) is 9.98. The van der Waals surface area contributed by atoms with Crippen LogP contribution in [0.5, 0.6) is 0 Å². The molecule has 1 fully saturated rings. The molecule has 120 valence electrons. The van der Waals surface area contributed by atoms with E-state index in [1.54, 1.807) is 12.1 Å². The van der Waals surface area contributed by atoms with Crippen molar-refractivity contribution in [3.05, 3.63) is 35.9 Å². The predicted molar refractivity (Wildman–Crippen MR) is 87.9 cm³/mol. The number of nitrogens with zero attached hydrogens (tertiary/aromatic N) is 1. The first-order chi connectivity index (χ1) is 10.6. The molecule has 0 unspecified atom stereocenters. The van der Waals surface area contributed by atoms with E-state index in [2.05, 4.69) is 24.1 Å². The van der Waals surface area contributed by atoms with Crippen LogP contribution in [0.1, 0.15) is 49.9 Å². The standard InChI is InChI=1S/C18H26N2O2/c1-14(2)20-12-10-16(11-13-20)19-18(22)9-8-17(21)15-6-4-3-5-7-15/h3-7,14,16H,8-13H2,1-2H3,(H,19,22). The van der Waals surface area contributed by atoms with Gasteiger partial charge in [0.2, 0.25) is 5.91 Å². The molecule has 1 amide bonds. The predicted octanol–water partition coefficient (Wildman–Crippen LogP) is 2.64. The van der Waals surface area contributed by atoms with E-state index in [1.165, 1.54) is 0 Å². The second-order valence-electron chi connectivity index (χ2n) is 6.26. The molecule has 4 nitrogen and oxygen atoms in total. The van der Waals surface area contributed by atoms with Crippen molar-refractivity contribution >= 4 is 11.7 Å². The number of piperidine rings is 1. The van der Waals surface area contributed by atoms with Gasteiger partial charge in [0.1, 0.15) is 0 Å². The molecule has 0 aromatic heterocycles. The number of carbonyl (C=O) groups is 2. The fourth-order valence-corrected chi connectivity index (χ4v) is 2.86. The second kappa shape index (κ2) is 8.08. The Hall–Kier alpha value is -1.68. The molecule has 1 heterocycles. The lowest BCUT2D eigenvalue weighted by molar-refractivity contribution is -0.122. The molecule has 1 aromatic carbocycles. The highest BCUT2D eigenvalue weighted by Gasteiger charge is 2.22. The number of nitrogens with one attached hydrogen (secondary N) is 1. The number of amides is 1. The molecule has 0 atom stereocenters. The van der Waals surface area contributed by atoms with Gasteiger partial charge in [-0.15, -0.1) is 0 Å². The lowest BCUT2D eigenvalue weighted by Gasteiger charge is -2.34. The van der Waals surface area contributed by atoms with Crippen molar-refractivity contribution in [3.63, 3.8) is 0 Å².